The number of rotatable bonds is 13. The minimum Gasteiger partial charge on any atom is -0.386 e. The van der Waals surface area contributed by atoms with Crippen molar-refractivity contribution in [3.63, 3.8) is 0 Å². The van der Waals surface area contributed by atoms with Crippen LogP contribution < -0.4 is 0 Å². The van der Waals surface area contributed by atoms with Gasteiger partial charge in [-0.05, 0) is 16.7 Å². The van der Waals surface area contributed by atoms with E-state index >= 15 is 0 Å². The first-order chi connectivity index (χ1) is 15.3. The van der Waals surface area contributed by atoms with Gasteiger partial charge in [0.05, 0.1) is 26.4 Å². The molecule has 0 saturated carbocycles. The van der Waals surface area contributed by atoms with E-state index in [0.717, 1.165) is 16.7 Å². The van der Waals surface area contributed by atoms with Gasteiger partial charge in [-0.15, -0.1) is 6.58 Å². The largest absolute Gasteiger partial charge is 0.386 e. The fraction of sp³-hybridized carbons (Fsp3) is 0.259. The monoisotopic (exact) mass is 418 g/mol. The first kappa shape index (κ1) is 22.9. The van der Waals surface area contributed by atoms with E-state index in [-0.39, 0.29) is 6.61 Å². The van der Waals surface area contributed by atoms with E-state index in [1.165, 1.54) is 6.08 Å². The lowest BCUT2D eigenvalue weighted by Crippen LogP contribution is -2.43. The Bertz CT molecular complexity index is 868. The van der Waals surface area contributed by atoms with E-state index in [2.05, 4.69) is 6.58 Å². The van der Waals surface area contributed by atoms with Gasteiger partial charge in [0.1, 0.15) is 18.3 Å². The van der Waals surface area contributed by atoms with Crippen LogP contribution in [0.4, 0.5) is 0 Å². The van der Waals surface area contributed by atoms with E-state index in [0.29, 0.717) is 19.8 Å². The van der Waals surface area contributed by atoms with Gasteiger partial charge in [-0.1, -0.05) is 97.1 Å². The second kappa shape index (κ2) is 12.8. The summed E-state index contributed by atoms with van der Waals surface area (Å²) in [6.45, 7) is 5.24. The number of hydrogen-bond donors (Lipinski definition) is 1. The molecule has 0 aliphatic rings. The third-order valence-electron chi connectivity index (χ3n) is 4.93. The third kappa shape index (κ3) is 7.78. The van der Waals surface area contributed by atoms with E-state index in [1.807, 2.05) is 91.0 Å². The van der Waals surface area contributed by atoms with E-state index in [9.17, 15) is 5.11 Å². The Balaban J connectivity index is 1.68. The molecule has 3 aromatic rings. The van der Waals surface area contributed by atoms with Gasteiger partial charge in [0.25, 0.3) is 0 Å². The van der Waals surface area contributed by atoms with Gasteiger partial charge in [0.2, 0.25) is 0 Å². The minimum atomic E-state index is -0.884. The highest BCUT2D eigenvalue weighted by molar-refractivity contribution is 5.15. The van der Waals surface area contributed by atoms with Gasteiger partial charge in [0.15, 0.2) is 0 Å². The summed E-state index contributed by atoms with van der Waals surface area (Å²) >= 11 is 0. The van der Waals surface area contributed by atoms with Crippen LogP contribution in [0.3, 0.4) is 0 Å². The van der Waals surface area contributed by atoms with Crippen LogP contribution in [0.1, 0.15) is 16.7 Å². The van der Waals surface area contributed by atoms with Crippen molar-refractivity contribution < 1.29 is 19.3 Å². The molecule has 0 spiro atoms. The van der Waals surface area contributed by atoms with Crippen molar-refractivity contribution in [1.29, 1.82) is 0 Å². The normalized spacial score (nSPS) is 14.0. The molecular weight excluding hydrogens is 388 g/mol. The molecule has 0 radical (unpaired) electrons. The molecule has 3 aromatic carbocycles. The highest BCUT2D eigenvalue weighted by Gasteiger charge is 2.29. The zero-order valence-electron chi connectivity index (χ0n) is 17.7. The summed E-state index contributed by atoms with van der Waals surface area (Å²) in [6.07, 6.45) is -0.492. The number of aliphatic hydroxyl groups is 1. The third-order valence-corrected chi connectivity index (χ3v) is 4.93. The summed E-state index contributed by atoms with van der Waals surface area (Å²) in [6, 6.07) is 29.8. The molecule has 3 atom stereocenters. The Kier molecular flexibility index (Phi) is 9.48. The summed E-state index contributed by atoms with van der Waals surface area (Å²) < 4.78 is 18.2. The summed E-state index contributed by atoms with van der Waals surface area (Å²) in [5.74, 6) is 0. The number of aliphatic hydroxyl groups excluding tert-OH is 1. The van der Waals surface area contributed by atoms with E-state index in [4.69, 9.17) is 14.2 Å². The molecule has 0 saturated heterocycles. The Morgan fingerprint density at radius 2 is 1.13 bits per heavy atom. The van der Waals surface area contributed by atoms with Gasteiger partial charge >= 0.3 is 0 Å². The van der Waals surface area contributed by atoms with Crippen LogP contribution in [0, 0.1) is 0 Å². The maximum Gasteiger partial charge on any atom is 0.116 e. The predicted octanol–water partition coefficient (Wildman–Crippen LogP) is 4.92. The summed E-state index contributed by atoms with van der Waals surface area (Å²) in [5.41, 5.74) is 3.15. The lowest BCUT2D eigenvalue weighted by Gasteiger charge is -2.30. The predicted molar refractivity (Wildman–Crippen MR) is 122 cm³/mol. The average molecular weight is 419 g/mol. The number of benzene rings is 3. The van der Waals surface area contributed by atoms with E-state index < -0.39 is 18.3 Å². The molecule has 0 bridgehead atoms. The fourth-order valence-corrected chi connectivity index (χ4v) is 3.21. The van der Waals surface area contributed by atoms with Crippen LogP contribution >= 0.6 is 0 Å². The minimum absolute atomic E-state index is 0.284. The fourth-order valence-electron chi connectivity index (χ4n) is 3.21. The molecule has 0 heterocycles. The van der Waals surface area contributed by atoms with Gasteiger partial charge in [0, 0.05) is 0 Å². The number of ether oxygens (including phenoxy) is 3. The highest BCUT2D eigenvalue weighted by Crippen LogP contribution is 2.17. The van der Waals surface area contributed by atoms with Crippen molar-refractivity contribution in [2.45, 2.75) is 38.1 Å². The Morgan fingerprint density at radius 1 is 0.677 bits per heavy atom. The summed E-state index contributed by atoms with van der Waals surface area (Å²) in [7, 11) is 0. The molecule has 4 nitrogen and oxygen atoms in total. The molecule has 1 N–H and O–H groups in total. The average Bonchev–Trinajstić information content (AvgIpc) is 2.84. The maximum absolute atomic E-state index is 10.6. The molecule has 1 unspecified atom stereocenters. The Labute approximate surface area is 184 Å². The Morgan fingerprint density at radius 3 is 1.61 bits per heavy atom. The maximum atomic E-state index is 10.6. The quantitative estimate of drug-likeness (QED) is 0.400. The molecule has 0 aromatic heterocycles. The first-order valence-corrected chi connectivity index (χ1v) is 10.5. The van der Waals surface area contributed by atoms with Crippen LogP contribution in [0.5, 0.6) is 0 Å². The summed E-state index contributed by atoms with van der Waals surface area (Å²) in [5, 5.41) is 10.6. The van der Waals surface area contributed by atoms with E-state index in [1.54, 1.807) is 0 Å². The Hall–Kier alpha value is -2.76. The van der Waals surface area contributed by atoms with Crippen LogP contribution in [0.2, 0.25) is 0 Å². The molecule has 162 valence electrons. The first-order valence-electron chi connectivity index (χ1n) is 10.5. The molecule has 0 aliphatic heterocycles. The van der Waals surface area contributed by atoms with Crippen LogP contribution in [0.15, 0.2) is 104 Å². The van der Waals surface area contributed by atoms with Crippen molar-refractivity contribution in [2.24, 2.45) is 0 Å². The SMILES string of the molecule is C=CC(O)[C@H](OCc1ccccc1)[C@@H](COCc1ccccc1)OCc1ccccc1. The van der Waals surface area contributed by atoms with Crippen molar-refractivity contribution in [1.82, 2.24) is 0 Å². The van der Waals surface area contributed by atoms with Crippen molar-refractivity contribution in [3.05, 3.63) is 120 Å². The van der Waals surface area contributed by atoms with Gasteiger partial charge in [-0.25, -0.2) is 0 Å². The van der Waals surface area contributed by atoms with Crippen molar-refractivity contribution in [3.8, 4) is 0 Å². The second-order valence-electron chi connectivity index (χ2n) is 7.32. The standard InChI is InChI=1S/C27H30O4/c1-2-25(28)27(31-20-24-16-10-5-11-17-24)26(30-19-23-14-8-4-9-15-23)21-29-18-22-12-6-3-7-13-22/h2-17,25-28H,1,18-21H2/t25?,26-,27+/m1/s1. The highest BCUT2D eigenvalue weighted by atomic mass is 16.6. The molecule has 0 fully saturated rings. The van der Waals surface area contributed by atoms with Gasteiger partial charge in [-0.3, -0.25) is 0 Å². The van der Waals surface area contributed by atoms with Crippen LogP contribution in [0.25, 0.3) is 0 Å². The zero-order valence-corrected chi connectivity index (χ0v) is 17.7. The second-order valence-corrected chi connectivity index (χ2v) is 7.32. The molecule has 31 heavy (non-hydrogen) atoms. The molecular formula is C27H30O4. The number of hydrogen-bond acceptors (Lipinski definition) is 4. The molecule has 0 aliphatic carbocycles. The zero-order chi connectivity index (χ0) is 21.7. The summed E-state index contributed by atoms with van der Waals surface area (Å²) in [4.78, 5) is 0. The van der Waals surface area contributed by atoms with Crippen LogP contribution in [-0.2, 0) is 34.0 Å². The molecule has 0 amide bonds. The molecule has 3 rings (SSSR count). The smallest absolute Gasteiger partial charge is 0.116 e. The van der Waals surface area contributed by atoms with Gasteiger partial charge < -0.3 is 19.3 Å². The lowest BCUT2D eigenvalue weighted by molar-refractivity contribution is -0.144. The lowest BCUT2D eigenvalue weighted by atomic mass is 10.1. The topological polar surface area (TPSA) is 47.9 Å². The molecule has 4 heteroatoms. The van der Waals surface area contributed by atoms with Crippen LogP contribution in [-0.4, -0.2) is 30.0 Å². The van der Waals surface area contributed by atoms with Crippen molar-refractivity contribution in [2.75, 3.05) is 6.61 Å². The van der Waals surface area contributed by atoms with Gasteiger partial charge in [-0.2, -0.15) is 0 Å². The van der Waals surface area contributed by atoms with Crippen molar-refractivity contribution >= 4 is 0 Å².